The minimum absolute atomic E-state index is 0.0738. The Morgan fingerprint density at radius 2 is 2.08 bits per heavy atom. The maximum absolute atomic E-state index is 12.1. The van der Waals surface area contributed by atoms with Gasteiger partial charge in [0.2, 0.25) is 0 Å². The molecule has 0 aliphatic carbocycles. The van der Waals surface area contributed by atoms with Gasteiger partial charge in [0.05, 0.1) is 7.11 Å². The number of ether oxygens (including phenoxy) is 2. The number of carbonyl (C=O) groups excluding carboxylic acids is 1. The standard InChI is InChI=1S/C19H29N3O3/c1-24-16-4-2-14(3-5-16)12-17-18(8-11-21-17)25-19(23)22-10-7-15-6-9-20-13-15/h2-5,15,17-18,20-21H,6-13H2,1H3,(H,22,23)/t15-,17-,18-/m1/s1. The first-order chi connectivity index (χ1) is 12.2. The molecule has 2 heterocycles. The van der Waals surface area contributed by atoms with Crippen LogP contribution in [-0.4, -0.2) is 51.5 Å². The monoisotopic (exact) mass is 347 g/mol. The molecule has 0 radical (unpaired) electrons. The zero-order chi connectivity index (χ0) is 17.5. The summed E-state index contributed by atoms with van der Waals surface area (Å²) < 4.78 is 10.8. The molecule has 0 spiro atoms. The van der Waals surface area contributed by atoms with Gasteiger partial charge in [0, 0.05) is 12.6 Å². The van der Waals surface area contributed by atoms with Crippen molar-refractivity contribution < 1.29 is 14.3 Å². The minimum Gasteiger partial charge on any atom is -0.497 e. The summed E-state index contributed by atoms with van der Waals surface area (Å²) in [5.41, 5.74) is 1.21. The van der Waals surface area contributed by atoms with E-state index < -0.39 is 0 Å². The van der Waals surface area contributed by atoms with Crippen LogP contribution in [0.2, 0.25) is 0 Å². The molecule has 6 heteroatoms. The minimum atomic E-state index is -0.292. The molecule has 0 aromatic heterocycles. The summed E-state index contributed by atoms with van der Waals surface area (Å²) in [5.74, 6) is 1.53. The van der Waals surface area contributed by atoms with Crippen molar-refractivity contribution in [2.24, 2.45) is 5.92 Å². The quantitative estimate of drug-likeness (QED) is 0.700. The number of nitrogens with one attached hydrogen (secondary N) is 3. The van der Waals surface area contributed by atoms with Crippen LogP contribution in [0.3, 0.4) is 0 Å². The molecule has 1 aromatic rings. The van der Waals surface area contributed by atoms with Gasteiger partial charge in [-0.15, -0.1) is 0 Å². The first-order valence-corrected chi connectivity index (χ1v) is 9.26. The number of alkyl carbamates (subject to hydrolysis) is 1. The van der Waals surface area contributed by atoms with E-state index >= 15 is 0 Å². The van der Waals surface area contributed by atoms with Gasteiger partial charge in [0.15, 0.2) is 0 Å². The molecular weight excluding hydrogens is 318 g/mol. The molecule has 2 fully saturated rings. The highest BCUT2D eigenvalue weighted by molar-refractivity contribution is 5.67. The van der Waals surface area contributed by atoms with E-state index in [0.29, 0.717) is 12.5 Å². The van der Waals surface area contributed by atoms with Crippen LogP contribution in [0.25, 0.3) is 0 Å². The average Bonchev–Trinajstić information content (AvgIpc) is 3.28. The number of amides is 1. The lowest BCUT2D eigenvalue weighted by Crippen LogP contribution is -2.38. The maximum atomic E-state index is 12.1. The van der Waals surface area contributed by atoms with E-state index in [0.717, 1.165) is 44.6 Å². The van der Waals surface area contributed by atoms with E-state index in [2.05, 4.69) is 28.1 Å². The summed E-state index contributed by atoms with van der Waals surface area (Å²) in [6.07, 6.45) is 3.55. The highest BCUT2D eigenvalue weighted by atomic mass is 16.6. The fraction of sp³-hybridized carbons (Fsp3) is 0.632. The molecule has 3 rings (SSSR count). The topological polar surface area (TPSA) is 71.6 Å². The van der Waals surface area contributed by atoms with Gasteiger partial charge < -0.3 is 25.4 Å². The zero-order valence-electron chi connectivity index (χ0n) is 14.9. The zero-order valence-corrected chi connectivity index (χ0v) is 14.9. The Morgan fingerprint density at radius 3 is 2.80 bits per heavy atom. The van der Waals surface area contributed by atoms with Crippen LogP contribution >= 0.6 is 0 Å². The summed E-state index contributed by atoms with van der Waals surface area (Å²) >= 11 is 0. The summed E-state index contributed by atoms with van der Waals surface area (Å²) in [6, 6.07) is 8.21. The van der Waals surface area contributed by atoms with Crippen molar-refractivity contribution in [2.75, 3.05) is 33.3 Å². The second kappa shape index (κ2) is 9.06. The van der Waals surface area contributed by atoms with E-state index in [1.54, 1.807) is 7.11 Å². The van der Waals surface area contributed by atoms with Gasteiger partial charge in [-0.05, 0) is 68.9 Å². The predicted octanol–water partition coefficient (Wildman–Crippen LogP) is 1.69. The van der Waals surface area contributed by atoms with Crippen LogP contribution in [0.5, 0.6) is 5.75 Å². The molecule has 2 saturated heterocycles. The molecule has 6 nitrogen and oxygen atoms in total. The normalized spacial score (nSPS) is 25.7. The number of carbonyl (C=O) groups is 1. The maximum Gasteiger partial charge on any atom is 0.407 e. The van der Waals surface area contributed by atoms with Crippen LogP contribution < -0.4 is 20.7 Å². The third kappa shape index (κ3) is 5.34. The Hall–Kier alpha value is -1.79. The molecule has 1 amide bonds. The molecule has 0 bridgehead atoms. The molecule has 3 N–H and O–H groups in total. The largest absolute Gasteiger partial charge is 0.497 e. The van der Waals surface area contributed by atoms with E-state index in [1.807, 2.05) is 12.1 Å². The van der Waals surface area contributed by atoms with Gasteiger partial charge in [0.25, 0.3) is 0 Å². The highest BCUT2D eigenvalue weighted by Gasteiger charge is 2.30. The van der Waals surface area contributed by atoms with Crippen LogP contribution in [-0.2, 0) is 11.2 Å². The third-order valence-corrected chi connectivity index (χ3v) is 5.14. The van der Waals surface area contributed by atoms with Gasteiger partial charge in [0.1, 0.15) is 11.9 Å². The lowest BCUT2D eigenvalue weighted by molar-refractivity contribution is 0.0897. The fourth-order valence-corrected chi connectivity index (χ4v) is 3.62. The van der Waals surface area contributed by atoms with Gasteiger partial charge in [-0.25, -0.2) is 4.79 Å². The highest BCUT2D eigenvalue weighted by Crippen LogP contribution is 2.19. The smallest absolute Gasteiger partial charge is 0.407 e. The molecule has 0 saturated carbocycles. The number of benzene rings is 1. The number of hydrogen-bond donors (Lipinski definition) is 3. The van der Waals surface area contributed by atoms with Crippen molar-refractivity contribution in [3.63, 3.8) is 0 Å². The van der Waals surface area contributed by atoms with E-state index in [4.69, 9.17) is 9.47 Å². The van der Waals surface area contributed by atoms with Crippen molar-refractivity contribution >= 4 is 6.09 Å². The molecule has 1 aromatic carbocycles. The van der Waals surface area contributed by atoms with Crippen LogP contribution in [0.4, 0.5) is 4.79 Å². The van der Waals surface area contributed by atoms with Gasteiger partial charge in [-0.1, -0.05) is 12.1 Å². The summed E-state index contributed by atoms with van der Waals surface area (Å²) in [4.78, 5) is 12.1. The second-order valence-corrected chi connectivity index (χ2v) is 6.92. The lowest BCUT2D eigenvalue weighted by atomic mass is 10.0. The predicted molar refractivity (Wildman–Crippen MR) is 97.0 cm³/mol. The molecule has 25 heavy (non-hydrogen) atoms. The molecular formula is C19H29N3O3. The lowest BCUT2D eigenvalue weighted by Gasteiger charge is -2.20. The Morgan fingerprint density at radius 1 is 1.24 bits per heavy atom. The number of rotatable bonds is 7. The Labute approximate surface area is 149 Å². The second-order valence-electron chi connectivity index (χ2n) is 6.92. The van der Waals surface area contributed by atoms with Gasteiger partial charge >= 0.3 is 6.09 Å². The van der Waals surface area contributed by atoms with Crippen molar-refractivity contribution in [2.45, 2.75) is 37.8 Å². The summed E-state index contributed by atoms with van der Waals surface area (Å²) in [6.45, 7) is 3.73. The Kier molecular flexibility index (Phi) is 6.53. The molecule has 3 atom stereocenters. The summed E-state index contributed by atoms with van der Waals surface area (Å²) in [7, 11) is 1.67. The van der Waals surface area contributed by atoms with E-state index in [9.17, 15) is 4.79 Å². The average molecular weight is 347 g/mol. The Balaban J connectivity index is 1.41. The van der Waals surface area contributed by atoms with E-state index in [1.165, 1.54) is 12.0 Å². The first-order valence-electron chi connectivity index (χ1n) is 9.26. The van der Waals surface area contributed by atoms with Crippen molar-refractivity contribution in [3.05, 3.63) is 29.8 Å². The van der Waals surface area contributed by atoms with Gasteiger partial charge in [-0.3, -0.25) is 0 Å². The number of hydrogen-bond acceptors (Lipinski definition) is 5. The first kappa shape index (κ1) is 18.0. The SMILES string of the molecule is COc1ccc(C[C@H]2NCC[C@H]2OC(=O)NCC[C@H]2CCNC2)cc1. The third-order valence-electron chi connectivity index (χ3n) is 5.14. The summed E-state index contributed by atoms with van der Waals surface area (Å²) in [5, 5.41) is 9.69. The van der Waals surface area contributed by atoms with Crippen molar-refractivity contribution in [3.8, 4) is 5.75 Å². The van der Waals surface area contributed by atoms with Crippen molar-refractivity contribution in [1.82, 2.24) is 16.0 Å². The fourth-order valence-electron chi connectivity index (χ4n) is 3.62. The van der Waals surface area contributed by atoms with Gasteiger partial charge in [-0.2, -0.15) is 0 Å². The van der Waals surface area contributed by atoms with Crippen molar-refractivity contribution in [1.29, 1.82) is 0 Å². The Bertz CT molecular complexity index is 543. The molecule has 0 unspecified atom stereocenters. The van der Waals surface area contributed by atoms with E-state index in [-0.39, 0.29) is 18.2 Å². The van der Waals surface area contributed by atoms with Crippen LogP contribution in [0.1, 0.15) is 24.8 Å². The number of methoxy groups -OCH3 is 1. The van der Waals surface area contributed by atoms with Crippen LogP contribution in [0, 0.1) is 5.92 Å². The molecule has 138 valence electrons. The van der Waals surface area contributed by atoms with Crippen LogP contribution in [0.15, 0.2) is 24.3 Å². The molecule has 2 aliphatic heterocycles. The molecule has 2 aliphatic rings.